The van der Waals surface area contributed by atoms with Crippen LogP contribution in [0.5, 0.6) is 0 Å². The van der Waals surface area contributed by atoms with Crippen LogP contribution < -0.4 is 0 Å². The van der Waals surface area contributed by atoms with Gasteiger partial charge in [0.2, 0.25) is 0 Å². The van der Waals surface area contributed by atoms with E-state index in [9.17, 15) is 15.0 Å². The molecular formula is C18H23FN2O5S. The molecule has 2 heterocycles. The van der Waals surface area contributed by atoms with E-state index in [4.69, 9.17) is 9.47 Å². The molecule has 0 aromatic heterocycles. The molecule has 0 saturated carbocycles. The number of halogens is 1. The average molecular weight is 398 g/mol. The van der Waals surface area contributed by atoms with Crippen molar-refractivity contribution in [1.29, 1.82) is 0 Å². The smallest absolute Gasteiger partial charge is 0.413 e. The molecule has 27 heavy (non-hydrogen) atoms. The highest BCUT2D eigenvalue weighted by atomic mass is 32.2. The van der Waals surface area contributed by atoms with Gasteiger partial charge in [0.25, 0.3) is 0 Å². The quantitative estimate of drug-likeness (QED) is 0.765. The Morgan fingerprint density at radius 2 is 2.15 bits per heavy atom. The van der Waals surface area contributed by atoms with Gasteiger partial charge in [0.15, 0.2) is 11.3 Å². The molecule has 2 aliphatic rings. The SMILES string of the molecule is CCN(C(=O)O)C1=N[C@@H]2[C@@H](F)[C@H](OCc3ccccc3)[C@@H](CCO)O[C@@H]2S1. The van der Waals surface area contributed by atoms with Crippen LogP contribution in [0.1, 0.15) is 18.9 Å². The molecule has 3 rings (SSSR count). The third-order valence-electron chi connectivity index (χ3n) is 4.55. The number of fused-ring (bicyclic) bond motifs is 1. The number of amides is 1. The number of aliphatic hydroxyl groups excluding tert-OH is 1. The summed E-state index contributed by atoms with van der Waals surface area (Å²) in [5.74, 6) is 0. The van der Waals surface area contributed by atoms with Crippen molar-refractivity contribution in [2.45, 2.75) is 49.8 Å². The zero-order valence-electron chi connectivity index (χ0n) is 14.9. The molecule has 0 bridgehead atoms. The zero-order chi connectivity index (χ0) is 19.4. The number of carbonyl (C=O) groups is 1. The van der Waals surface area contributed by atoms with Crippen LogP contribution in [0.25, 0.3) is 0 Å². The van der Waals surface area contributed by atoms with Crippen molar-refractivity contribution in [3.63, 3.8) is 0 Å². The number of nitrogens with zero attached hydrogens (tertiary/aromatic N) is 2. The summed E-state index contributed by atoms with van der Waals surface area (Å²) in [5.41, 5.74) is 0.277. The Kier molecular flexibility index (Phi) is 6.69. The predicted octanol–water partition coefficient (Wildman–Crippen LogP) is 2.49. The van der Waals surface area contributed by atoms with Gasteiger partial charge in [-0.1, -0.05) is 42.1 Å². The van der Waals surface area contributed by atoms with Gasteiger partial charge in [-0.3, -0.25) is 9.89 Å². The largest absolute Gasteiger partial charge is 0.465 e. The monoisotopic (exact) mass is 398 g/mol. The summed E-state index contributed by atoms with van der Waals surface area (Å²) in [7, 11) is 0. The molecule has 148 valence electrons. The van der Waals surface area contributed by atoms with Gasteiger partial charge >= 0.3 is 6.09 Å². The van der Waals surface area contributed by atoms with Crippen LogP contribution in [-0.4, -0.2) is 69.4 Å². The number of ether oxygens (including phenoxy) is 2. The van der Waals surface area contributed by atoms with Crippen LogP contribution in [0.15, 0.2) is 35.3 Å². The first-order valence-corrected chi connectivity index (χ1v) is 9.74. The maximum Gasteiger partial charge on any atom is 0.413 e. The topological polar surface area (TPSA) is 91.6 Å². The fraction of sp³-hybridized carbons (Fsp3) is 0.556. The first-order valence-electron chi connectivity index (χ1n) is 8.86. The van der Waals surface area contributed by atoms with Gasteiger partial charge in [-0.25, -0.2) is 9.18 Å². The van der Waals surface area contributed by atoms with Crippen molar-refractivity contribution in [2.24, 2.45) is 4.99 Å². The van der Waals surface area contributed by atoms with E-state index in [1.165, 1.54) is 0 Å². The molecule has 1 amide bonds. The van der Waals surface area contributed by atoms with E-state index in [0.29, 0.717) is 0 Å². The molecule has 0 unspecified atom stereocenters. The Labute approximate surface area is 161 Å². The number of aliphatic imine (C=N–C) groups is 1. The number of hydrogen-bond acceptors (Lipinski definition) is 6. The number of thioether (sulfide) groups is 1. The van der Waals surface area contributed by atoms with Crippen LogP contribution >= 0.6 is 11.8 Å². The summed E-state index contributed by atoms with van der Waals surface area (Å²) in [6.07, 6.45) is -3.88. The van der Waals surface area contributed by atoms with Gasteiger partial charge in [0.05, 0.1) is 12.7 Å². The van der Waals surface area contributed by atoms with E-state index in [1.54, 1.807) is 6.92 Å². The van der Waals surface area contributed by atoms with Crippen molar-refractivity contribution < 1.29 is 28.9 Å². The lowest BCUT2D eigenvalue weighted by Crippen LogP contribution is -2.54. The second-order valence-electron chi connectivity index (χ2n) is 6.31. The minimum Gasteiger partial charge on any atom is -0.465 e. The van der Waals surface area contributed by atoms with Crippen LogP contribution in [0.4, 0.5) is 9.18 Å². The highest BCUT2D eigenvalue weighted by Crippen LogP contribution is 2.40. The lowest BCUT2D eigenvalue weighted by molar-refractivity contribution is -0.164. The minimum atomic E-state index is -1.46. The number of alkyl halides is 1. The first-order chi connectivity index (χ1) is 13.0. The van der Waals surface area contributed by atoms with Gasteiger partial charge in [0.1, 0.15) is 17.6 Å². The van der Waals surface area contributed by atoms with Gasteiger partial charge < -0.3 is 19.7 Å². The molecular weight excluding hydrogens is 375 g/mol. The lowest BCUT2D eigenvalue weighted by atomic mass is 9.97. The number of aliphatic hydroxyl groups is 1. The van der Waals surface area contributed by atoms with Gasteiger partial charge in [-0.05, 0) is 18.9 Å². The molecule has 2 aliphatic heterocycles. The molecule has 1 saturated heterocycles. The highest BCUT2D eigenvalue weighted by molar-refractivity contribution is 8.14. The summed E-state index contributed by atoms with van der Waals surface area (Å²) in [6, 6.07) is 8.56. The number of rotatable bonds is 6. The average Bonchev–Trinajstić information content (AvgIpc) is 3.06. The first kappa shape index (κ1) is 20.1. The van der Waals surface area contributed by atoms with Crippen LogP contribution in [0.2, 0.25) is 0 Å². The zero-order valence-corrected chi connectivity index (χ0v) is 15.7. The Balaban J connectivity index is 1.75. The number of amidine groups is 1. The summed E-state index contributed by atoms with van der Waals surface area (Å²) in [5, 5.41) is 18.8. The molecule has 0 radical (unpaired) electrons. The second kappa shape index (κ2) is 9.01. The fourth-order valence-electron chi connectivity index (χ4n) is 3.18. The lowest BCUT2D eigenvalue weighted by Gasteiger charge is -2.39. The van der Waals surface area contributed by atoms with Gasteiger partial charge in [0, 0.05) is 13.2 Å². The fourth-order valence-corrected chi connectivity index (χ4v) is 4.46. The van der Waals surface area contributed by atoms with Crippen molar-refractivity contribution in [3.8, 4) is 0 Å². The third kappa shape index (κ3) is 4.43. The molecule has 0 spiro atoms. The maximum atomic E-state index is 15.2. The van der Waals surface area contributed by atoms with Crippen molar-refractivity contribution >= 4 is 23.0 Å². The normalized spacial score (nSPS) is 29.9. The molecule has 1 aromatic rings. The van der Waals surface area contributed by atoms with E-state index < -0.39 is 36.0 Å². The van der Waals surface area contributed by atoms with Crippen LogP contribution in [0.3, 0.4) is 0 Å². The van der Waals surface area contributed by atoms with Gasteiger partial charge in [-0.15, -0.1) is 0 Å². The molecule has 5 atom stereocenters. The number of carboxylic acid groups (broad SMARTS) is 1. The maximum absolute atomic E-state index is 15.2. The Morgan fingerprint density at radius 1 is 1.41 bits per heavy atom. The molecule has 2 N–H and O–H groups in total. The van der Waals surface area contributed by atoms with Crippen molar-refractivity contribution in [2.75, 3.05) is 13.2 Å². The van der Waals surface area contributed by atoms with E-state index >= 15 is 4.39 Å². The Bertz CT molecular complexity index is 677. The molecule has 9 heteroatoms. The van der Waals surface area contributed by atoms with Crippen LogP contribution in [0, 0.1) is 0 Å². The van der Waals surface area contributed by atoms with Gasteiger partial charge in [-0.2, -0.15) is 0 Å². The van der Waals surface area contributed by atoms with Crippen molar-refractivity contribution in [3.05, 3.63) is 35.9 Å². The van der Waals surface area contributed by atoms with Crippen LogP contribution in [-0.2, 0) is 16.1 Å². The summed E-state index contributed by atoms with van der Waals surface area (Å²) in [4.78, 5) is 16.7. The summed E-state index contributed by atoms with van der Waals surface area (Å²) >= 11 is 1.10. The minimum absolute atomic E-state index is 0.158. The second-order valence-corrected chi connectivity index (χ2v) is 7.37. The number of hydrogen-bond donors (Lipinski definition) is 2. The highest BCUT2D eigenvalue weighted by Gasteiger charge is 2.51. The van der Waals surface area contributed by atoms with E-state index in [1.807, 2.05) is 30.3 Å². The summed E-state index contributed by atoms with van der Waals surface area (Å²) < 4.78 is 27.0. The van der Waals surface area contributed by atoms with E-state index in [2.05, 4.69) is 4.99 Å². The Morgan fingerprint density at radius 3 is 2.78 bits per heavy atom. The predicted molar refractivity (Wildman–Crippen MR) is 99.5 cm³/mol. The molecule has 1 fully saturated rings. The number of benzene rings is 1. The summed E-state index contributed by atoms with van der Waals surface area (Å²) in [6.45, 7) is 1.96. The van der Waals surface area contributed by atoms with E-state index in [-0.39, 0.29) is 31.3 Å². The third-order valence-corrected chi connectivity index (χ3v) is 5.71. The molecule has 1 aromatic carbocycles. The molecule has 7 nitrogen and oxygen atoms in total. The molecule has 0 aliphatic carbocycles. The van der Waals surface area contributed by atoms with Crippen molar-refractivity contribution in [1.82, 2.24) is 4.90 Å². The Hall–Kier alpha value is -1.68. The standard InChI is InChI=1S/C18H23FN2O5S/c1-2-21(18(23)24)17-20-14-13(19)15(12(8-9-22)26-16(14)27-17)25-10-11-6-4-3-5-7-11/h3-7,12-16,22H,2,8-10H2,1H3,(H,23,24)/t12-,13-,14-,15-,16-/m1/s1. The van der Waals surface area contributed by atoms with E-state index in [0.717, 1.165) is 22.2 Å².